The minimum absolute atomic E-state index is 0.0389. The molecule has 1 rings (SSSR count). The van der Waals surface area contributed by atoms with E-state index < -0.39 is 0 Å². The molecule has 22 heavy (non-hydrogen) atoms. The summed E-state index contributed by atoms with van der Waals surface area (Å²) in [6, 6.07) is 0.301. The Morgan fingerprint density at radius 3 is 2.27 bits per heavy atom. The van der Waals surface area contributed by atoms with Gasteiger partial charge in [0, 0.05) is 37.4 Å². The van der Waals surface area contributed by atoms with E-state index >= 15 is 0 Å². The summed E-state index contributed by atoms with van der Waals surface area (Å²) < 4.78 is 0. The molecule has 0 aliphatic rings. The van der Waals surface area contributed by atoms with E-state index in [0.29, 0.717) is 32.1 Å². The normalized spacial score (nSPS) is 9.86. The quantitative estimate of drug-likeness (QED) is 0.532. The molecule has 1 heterocycles. The molecule has 4 N–H and O–H groups in total. The molecule has 7 heteroatoms. The SMILES string of the molecule is CCCC(=O)NCCNC(=O)CNC(C)C.Cc1cnc[nH]1. The zero-order chi connectivity index (χ0) is 16.8. The molecule has 0 saturated heterocycles. The van der Waals surface area contributed by atoms with E-state index in [1.54, 1.807) is 12.5 Å². The van der Waals surface area contributed by atoms with Crippen LogP contribution in [0, 0.1) is 6.92 Å². The number of carbonyl (C=O) groups is 2. The molecule has 7 nitrogen and oxygen atoms in total. The number of H-pyrrole nitrogens is 1. The molecule has 1 aromatic heterocycles. The monoisotopic (exact) mass is 311 g/mol. The first-order valence-corrected chi connectivity index (χ1v) is 7.67. The summed E-state index contributed by atoms with van der Waals surface area (Å²) in [7, 11) is 0. The van der Waals surface area contributed by atoms with Gasteiger partial charge in [-0.15, -0.1) is 0 Å². The van der Waals surface area contributed by atoms with Gasteiger partial charge < -0.3 is 20.9 Å². The topological polar surface area (TPSA) is 98.9 Å². The van der Waals surface area contributed by atoms with Gasteiger partial charge in [0.1, 0.15) is 0 Å². The number of rotatable bonds is 8. The maximum atomic E-state index is 11.2. The highest BCUT2D eigenvalue weighted by molar-refractivity contribution is 5.78. The van der Waals surface area contributed by atoms with Gasteiger partial charge in [0.25, 0.3) is 0 Å². The van der Waals surface area contributed by atoms with Crippen LogP contribution >= 0.6 is 0 Å². The largest absolute Gasteiger partial charge is 0.354 e. The fourth-order valence-corrected chi connectivity index (χ4v) is 1.40. The third kappa shape index (κ3) is 13.1. The first-order valence-electron chi connectivity index (χ1n) is 7.67. The average molecular weight is 311 g/mol. The number of aryl methyl sites for hydroxylation is 1. The van der Waals surface area contributed by atoms with E-state index in [4.69, 9.17) is 0 Å². The van der Waals surface area contributed by atoms with Gasteiger partial charge in [0.2, 0.25) is 11.8 Å². The number of nitrogens with one attached hydrogen (secondary N) is 4. The van der Waals surface area contributed by atoms with Crippen molar-refractivity contribution in [2.75, 3.05) is 19.6 Å². The zero-order valence-electron chi connectivity index (χ0n) is 14.0. The lowest BCUT2D eigenvalue weighted by Crippen LogP contribution is -2.40. The van der Waals surface area contributed by atoms with Crippen LogP contribution < -0.4 is 16.0 Å². The lowest BCUT2D eigenvalue weighted by atomic mass is 10.3. The van der Waals surface area contributed by atoms with Crippen molar-refractivity contribution < 1.29 is 9.59 Å². The number of hydrogen-bond acceptors (Lipinski definition) is 4. The van der Waals surface area contributed by atoms with Gasteiger partial charge in [-0.2, -0.15) is 0 Å². The van der Waals surface area contributed by atoms with E-state index in [-0.39, 0.29) is 11.8 Å². The number of aromatic nitrogens is 2. The van der Waals surface area contributed by atoms with Crippen LogP contribution in [0.4, 0.5) is 0 Å². The Kier molecular flexibility index (Phi) is 11.7. The fraction of sp³-hybridized carbons (Fsp3) is 0.667. The molecule has 0 aromatic carbocycles. The number of imidazole rings is 1. The highest BCUT2D eigenvalue weighted by Gasteiger charge is 2.02. The van der Waals surface area contributed by atoms with Crippen LogP contribution in [0.3, 0.4) is 0 Å². The number of hydrogen-bond donors (Lipinski definition) is 4. The van der Waals surface area contributed by atoms with Crippen molar-refractivity contribution in [1.82, 2.24) is 25.9 Å². The first kappa shape index (κ1) is 20.1. The number of aromatic amines is 1. The predicted octanol–water partition coefficient (Wildman–Crippen LogP) is 0.735. The molecule has 0 radical (unpaired) electrons. The molecule has 0 aliphatic heterocycles. The summed E-state index contributed by atoms with van der Waals surface area (Å²) in [6.07, 6.45) is 4.83. The molecule has 0 spiro atoms. The molecule has 0 unspecified atom stereocenters. The summed E-state index contributed by atoms with van der Waals surface area (Å²) >= 11 is 0. The van der Waals surface area contributed by atoms with Crippen LogP contribution in [0.15, 0.2) is 12.5 Å². The van der Waals surface area contributed by atoms with Crippen LogP contribution in [0.1, 0.15) is 39.3 Å². The summed E-state index contributed by atoms with van der Waals surface area (Å²) in [6.45, 7) is 9.18. The Balaban J connectivity index is 0.000000604. The summed E-state index contributed by atoms with van der Waals surface area (Å²) in [4.78, 5) is 29.0. The van der Waals surface area contributed by atoms with Crippen LogP contribution in [-0.4, -0.2) is 47.5 Å². The maximum absolute atomic E-state index is 11.2. The fourth-order valence-electron chi connectivity index (χ4n) is 1.40. The van der Waals surface area contributed by atoms with Gasteiger partial charge in [0.15, 0.2) is 0 Å². The van der Waals surface area contributed by atoms with Crippen molar-refractivity contribution in [2.24, 2.45) is 0 Å². The van der Waals surface area contributed by atoms with Gasteiger partial charge in [-0.1, -0.05) is 20.8 Å². The van der Waals surface area contributed by atoms with Gasteiger partial charge in [-0.05, 0) is 13.3 Å². The minimum Gasteiger partial charge on any atom is -0.354 e. The van der Waals surface area contributed by atoms with Gasteiger partial charge in [-0.3, -0.25) is 9.59 Å². The minimum atomic E-state index is -0.0431. The van der Waals surface area contributed by atoms with E-state index in [9.17, 15) is 9.59 Å². The van der Waals surface area contributed by atoms with Crippen molar-refractivity contribution in [3.63, 3.8) is 0 Å². The molecule has 2 amide bonds. The molecule has 1 aromatic rings. The Bertz CT molecular complexity index is 404. The second-order valence-corrected chi connectivity index (χ2v) is 5.22. The van der Waals surface area contributed by atoms with Crippen LogP contribution in [-0.2, 0) is 9.59 Å². The third-order valence-electron chi connectivity index (χ3n) is 2.55. The molecule has 126 valence electrons. The van der Waals surface area contributed by atoms with Crippen molar-refractivity contribution >= 4 is 11.8 Å². The lowest BCUT2D eigenvalue weighted by molar-refractivity contribution is -0.122. The molecule has 0 bridgehead atoms. The van der Waals surface area contributed by atoms with Crippen molar-refractivity contribution in [1.29, 1.82) is 0 Å². The van der Waals surface area contributed by atoms with E-state index in [2.05, 4.69) is 25.9 Å². The van der Waals surface area contributed by atoms with Crippen LogP contribution in [0.2, 0.25) is 0 Å². The van der Waals surface area contributed by atoms with Gasteiger partial charge in [-0.25, -0.2) is 4.98 Å². The first-order chi connectivity index (χ1) is 10.5. The van der Waals surface area contributed by atoms with E-state index in [0.717, 1.165) is 12.1 Å². The second-order valence-electron chi connectivity index (χ2n) is 5.22. The molecule has 0 saturated carbocycles. The molecular weight excluding hydrogens is 282 g/mol. The van der Waals surface area contributed by atoms with Crippen molar-refractivity contribution in [3.8, 4) is 0 Å². The van der Waals surface area contributed by atoms with Crippen LogP contribution in [0.5, 0.6) is 0 Å². The van der Waals surface area contributed by atoms with E-state index in [1.165, 1.54) is 0 Å². The Morgan fingerprint density at radius 2 is 1.86 bits per heavy atom. The zero-order valence-corrected chi connectivity index (χ0v) is 14.0. The van der Waals surface area contributed by atoms with Crippen LogP contribution in [0.25, 0.3) is 0 Å². The highest BCUT2D eigenvalue weighted by atomic mass is 16.2. The van der Waals surface area contributed by atoms with E-state index in [1.807, 2.05) is 27.7 Å². The average Bonchev–Trinajstić information content (AvgIpc) is 2.93. The predicted molar refractivity (Wildman–Crippen MR) is 87.4 cm³/mol. The summed E-state index contributed by atoms with van der Waals surface area (Å²) in [5, 5.41) is 8.46. The highest BCUT2D eigenvalue weighted by Crippen LogP contribution is 1.84. The van der Waals surface area contributed by atoms with Crippen molar-refractivity contribution in [3.05, 3.63) is 18.2 Å². The number of amides is 2. The van der Waals surface area contributed by atoms with Crippen molar-refractivity contribution in [2.45, 2.75) is 46.6 Å². The third-order valence-corrected chi connectivity index (χ3v) is 2.55. The summed E-state index contributed by atoms with van der Waals surface area (Å²) in [5.74, 6) is -0.00417. The molecular formula is C15H29N5O2. The second kappa shape index (κ2) is 12.8. The maximum Gasteiger partial charge on any atom is 0.234 e. The number of carbonyl (C=O) groups excluding carboxylic acids is 2. The Hall–Kier alpha value is -1.89. The Morgan fingerprint density at radius 1 is 1.23 bits per heavy atom. The molecule has 0 atom stereocenters. The molecule has 0 aliphatic carbocycles. The standard InChI is InChI=1S/C11H23N3O2.C4H6N2/c1-4-5-10(15)12-6-7-13-11(16)8-14-9(2)3;1-4-2-5-3-6-4/h9,14H,4-8H2,1-3H3,(H,12,15)(H,13,16);2-3H,1H3,(H,5,6). The smallest absolute Gasteiger partial charge is 0.234 e. The van der Waals surface area contributed by atoms with Gasteiger partial charge >= 0.3 is 0 Å². The van der Waals surface area contributed by atoms with Gasteiger partial charge in [0.05, 0.1) is 12.9 Å². The summed E-state index contributed by atoms with van der Waals surface area (Å²) in [5.41, 5.74) is 1.11. The number of nitrogens with zero attached hydrogens (tertiary/aromatic N) is 1. The Labute approximate surface area is 132 Å². The lowest BCUT2D eigenvalue weighted by Gasteiger charge is -2.09. The molecule has 0 fully saturated rings.